The number of imidazole rings is 1. The molecule has 1 aromatic heterocycles. The lowest BCUT2D eigenvalue weighted by atomic mass is 9.87. The van der Waals surface area contributed by atoms with Gasteiger partial charge in [-0.1, -0.05) is 6.07 Å². The maximum Gasteiger partial charge on any atom is 0.289 e. The Morgan fingerprint density at radius 3 is 2.56 bits per heavy atom. The third kappa shape index (κ3) is 4.23. The van der Waals surface area contributed by atoms with E-state index in [1.165, 1.54) is 0 Å². The lowest BCUT2D eigenvalue weighted by molar-refractivity contribution is -0.153. The zero-order valence-corrected chi connectivity index (χ0v) is 20.2. The number of ether oxygens (including phenoxy) is 2. The molecule has 2 aliphatic heterocycles. The van der Waals surface area contributed by atoms with Gasteiger partial charge in [-0.05, 0) is 74.6 Å². The topological polar surface area (TPSA) is 56.6 Å². The molecule has 2 unspecified atom stereocenters. The lowest BCUT2D eigenvalue weighted by Gasteiger charge is -2.48. The molecular weight excluding hydrogens is 471 g/mol. The largest absolute Gasteiger partial charge is 0.495 e. The Kier molecular flexibility index (Phi) is 6.24. The van der Waals surface area contributed by atoms with Crippen molar-refractivity contribution in [1.29, 1.82) is 0 Å². The van der Waals surface area contributed by atoms with Crippen molar-refractivity contribution < 1.29 is 27.4 Å². The molecule has 0 saturated carbocycles. The molecule has 6 nitrogen and oxygen atoms in total. The highest BCUT2D eigenvalue weighted by Crippen LogP contribution is 2.41. The van der Waals surface area contributed by atoms with E-state index in [0.717, 1.165) is 29.9 Å². The number of carbonyl (C=O) groups excluding carboxylic acids is 1. The third-order valence-corrected chi connectivity index (χ3v) is 6.85. The highest BCUT2D eigenvalue weighted by molar-refractivity contribution is 5.97. The van der Waals surface area contributed by atoms with Crippen molar-refractivity contribution >= 4 is 12.0 Å². The van der Waals surface area contributed by atoms with Crippen molar-refractivity contribution in [2.45, 2.75) is 51.3 Å². The molecule has 0 aliphatic carbocycles. The molecule has 188 valence electrons. The fraction of sp³-hybridized carbons (Fsp3) is 0.333. The van der Waals surface area contributed by atoms with Crippen molar-refractivity contribution in [1.82, 2.24) is 14.5 Å². The molecule has 2 fully saturated rings. The zero-order valence-electron chi connectivity index (χ0n) is 20.2. The Balaban J connectivity index is 1.49. The minimum atomic E-state index is -1.52. The Labute approximate surface area is 207 Å². The lowest BCUT2D eigenvalue weighted by Crippen LogP contribution is -2.55. The number of piperidine rings is 1. The second-order valence-electron chi connectivity index (χ2n) is 9.21. The summed E-state index contributed by atoms with van der Waals surface area (Å²) < 4.78 is 55.0. The Morgan fingerprint density at radius 2 is 1.89 bits per heavy atom. The van der Waals surface area contributed by atoms with Gasteiger partial charge in [0.15, 0.2) is 23.2 Å². The van der Waals surface area contributed by atoms with Crippen LogP contribution in [0.1, 0.15) is 49.0 Å². The summed E-state index contributed by atoms with van der Waals surface area (Å²) in [6.45, 7) is 3.77. The Morgan fingerprint density at radius 1 is 1.14 bits per heavy atom. The molecule has 0 spiro atoms. The van der Waals surface area contributed by atoms with Gasteiger partial charge in [0, 0.05) is 6.20 Å². The number of halogens is 3. The van der Waals surface area contributed by atoms with Crippen LogP contribution in [0.25, 0.3) is 11.8 Å². The standard InChI is InChI=1S/C27H26F3N3O3/c1-15-13-32(14-31-15)23-8-7-17(9-24(23)35-3)10-25-27(34)33-21(16(2)36-25)5-4-6-22(33)18-11-19(28)26(30)20(29)12-18/h7-14,16,21-22H,4-6H2,1-3H3/t16?,21-,22?/m1/s1. The maximum atomic E-state index is 14.0. The normalized spacial score (nSPS) is 22.9. The molecule has 2 aliphatic rings. The number of fused-ring (bicyclic) bond motifs is 1. The molecule has 0 bridgehead atoms. The monoisotopic (exact) mass is 497 g/mol. The van der Waals surface area contributed by atoms with Crippen molar-refractivity contribution in [3.05, 3.63) is 82.9 Å². The van der Waals surface area contributed by atoms with Gasteiger partial charge in [-0.15, -0.1) is 0 Å². The summed E-state index contributed by atoms with van der Waals surface area (Å²) in [7, 11) is 1.56. The highest BCUT2D eigenvalue weighted by Gasteiger charge is 2.44. The number of methoxy groups -OCH3 is 1. The number of hydrogen-bond acceptors (Lipinski definition) is 4. The van der Waals surface area contributed by atoms with Crippen LogP contribution in [0.5, 0.6) is 5.75 Å². The van der Waals surface area contributed by atoms with Gasteiger partial charge in [0.05, 0.1) is 36.9 Å². The first-order chi connectivity index (χ1) is 17.3. The average molecular weight is 498 g/mol. The molecule has 9 heteroatoms. The van der Waals surface area contributed by atoms with E-state index in [-0.39, 0.29) is 29.4 Å². The maximum absolute atomic E-state index is 14.0. The van der Waals surface area contributed by atoms with Crippen LogP contribution in [0.2, 0.25) is 0 Å². The van der Waals surface area contributed by atoms with Crippen LogP contribution in [0.3, 0.4) is 0 Å². The van der Waals surface area contributed by atoms with E-state index in [1.807, 2.05) is 36.7 Å². The summed E-state index contributed by atoms with van der Waals surface area (Å²) in [6, 6.07) is 6.60. The summed E-state index contributed by atoms with van der Waals surface area (Å²) in [5.41, 5.74) is 2.58. The molecule has 1 amide bonds. The number of carbonyl (C=O) groups is 1. The van der Waals surface area contributed by atoms with Gasteiger partial charge in [0.1, 0.15) is 11.9 Å². The molecule has 3 atom stereocenters. The van der Waals surface area contributed by atoms with Crippen LogP contribution in [0.15, 0.2) is 48.6 Å². The number of aryl methyl sites for hydroxylation is 1. The van der Waals surface area contributed by atoms with Gasteiger partial charge < -0.3 is 18.9 Å². The third-order valence-electron chi connectivity index (χ3n) is 6.85. The number of morpholine rings is 1. The SMILES string of the molecule is COc1cc(C=C2OC(C)[C@H]3CCCC(c4cc(F)c(F)c(F)c4)N3C2=O)ccc1-n1cnc(C)c1. The second-order valence-corrected chi connectivity index (χ2v) is 9.21. The smallest absolute Gasteiger partial charge is 0.289 e. The van der Waals surface area contributed by atoms with Crippen LogP contribution in [0, 0.1) is 24.4 Å². The Bertz CT molecular complexity index is 1330. The number of aromatic nitrogens is 2. The van der Waals surface area contributed by atoms with E-state index in [9.17, 15) is 18.0 Å². The molecule has 5 rings (SSSR count). The molecule has 2 aromatic carbocycles. The molecule has 36 heavy (non-hydrogen) atoms. The fourth-order valence-electron chi connectivity index (χ4n) is 5.13. The van der Waals surface area contributed by atoms with Crippen LogP contribution < -0.4 is 4.74 Å². The Hall–Kier alpha value is -3.75. The number of nitrogens with zero attached hydrogens (tertiary/aromatic N) is 3. The number of rotatable bonds is 4. The van der Waals surface area contributed by atoms with E-state index in [2.05, 4.69) is 4.98 Å². The van der Waals surface area contributed by atoms with Gasteiger partial charge in [-0.3, -0.25) is 4.79 Å². The van der Waals surface area contributed by atoms with Crippen LogP contribution in [-0.4, -0.2) is 39.6 Å². The second kappa shape index (κ2) is 9.37. The van der Waals surface area contributed by atoms with Crippen molar-refractivity contribution in [3.8, 4) is 11.4 Å². The fourth-order valence-corrected chi connectivity index (χ4v) is 5.13. The summed E-state index contributed by atoms with van der Waals surface area (Å²) >= 11 is 0. The minimum absolute atomic E-state index is 0.127. The van der Waals surface area contributed by atoms with Gasteiger partial charge >= 0.3 is 0 Å². The van der Waals surface area contributed by atoms with E-state index in [4.69, 9.17) is 9.47 Å². The number of amides is 1. The predicted octanol–water partition coefficient (Wildman–Crippen LogP) is 5.49. The summed E-state index contributed by atoms with van der Waals surface area (Å²) in [6.07, 6.45) is 6.84. The van der Waals surface area contributed by atoms with E-state index < -0.39 is 23.5 Å². The van der Waals surface area contributed by atoms with Gasteiger partial charge in [-0.2, -0.15) is 0 Å². The molecule has 3 heterocycles. The van der Waals surface area contributed by atoms with E-state index in [0.29, 0.717) is 24.2 Å². The quantitative estimate of drug-likeness (QED) is 0.354. The molecule has 3 aromatic rings. The summed E-state index contributed by atoms with van der Waals surface area (Å²) in [4.78, 5) is 19.5. The van der Waals surface area contributed by atoms with Crippen molar-refractivity contribution in [3.63, 3.8) is 0 Å². The predicted molar refractivity (Wildman–Crippen MR) is 127 cm³/mol. The average Bonchev–Trinajstić information content (AvgIpc) is 3.30. The van der Waals surface area contributed by atoms with Gasteiger partial charge in [0.2, 0.25) is 0 Å². The first kappa shape index (κ1) is 24.0. The van der Waals surface area contributed by atoms with Gasteiger partial charge in [0.25, 0.3) is 5.91 Å². The first-order valence-corrected chi connectivity index (χ1v) is 11.8. The summed E-state index contributed by atoms with van der Waals surface area (Å²) in [5, 5.41) is 0. The van der Waals surface area contributed by atoms with Crippen molar-refractivity contribution in [2.24, 2.45) is 0 Å². The molecular formula is C27H26F3N3O3. The van der Waals surface area contributed by atoms with Crippen LogP contribution >= 0.6 is 0 Å². The molecule has 2 saturated heterocycles. The number of hydrogen-bond donors (Lipinski definition) is 0. The van der Waals surface area contributed by atoms with E-state index >= 15 is 0 Å². The van der Waals surface area contributed by atoms with Crippen LogP contribution in [0.4, 0.5) is 13.2 Å². The molecule has 0 N–H and O–H groups in total. The first-order valence-electron chi connectivity index (χ1n) is 11.8. The summed E-state index contributed by atoms with van der Waals surface area (Å²) in [5.74, 6) is -3.71. The number of benzene rings is 2. The highest BCUT2D eigenvalue weighted by atomic mass is 19.2. The van der Waals surface area contributed by atoms with Gasteiger partial charge in [-0.25, -0.2) is 18.2 Å². The van der Waals surface area contributed by atoms with Crippen LogP contribution in [-0.2, 0) is 9.53 Å². The minimum Gasteiger partial charge on any atom is -0.495 e. The van der Waals surface area contributed by atoms with Crippen molar-refractivity contribution in [2.75, 3.05) is 7.11 Å². The van der Waals surface area contributed by atoms with E-state index in [1.54, 1.807) is 30.5 Å². The molecule has 0 radical (unpaired) electrons. The zero-order chi connectivity index (χ0) is 25.6.